The first-order chi connectivity index (χ1) is 15.3. The Morgan fingerprint density at radius 2 is 1.84 bits per heavy atom. The Labute approximate surface area is 185 Å². The molecule has 5 rings (SSSR count). The van der Waals surface area contributed by atoms with Gasteiger partial charge in [-0.25, -0.2) is 4.39 Å². The van der Waals surface area contributed by atoms with Gasteiger partial charge >= 0.3 is 0 Å². The van der Waals surface area contributed by atoms with Crippen LogP contribution in [0, 0.1) is 23.6 Å². The van der Waals surface area contributed by atoms with Crippen molar-refractivity contribution in [1.82, 2.24) is 14.4 Å². The highest BCUT2D eigenvalue weighted by atomic mass is 19.1. The minimum absolute atomic E-state index is 0.0878. The molecule has 32 heavy (non-hydrogen) atoms. The predicted octanol–water partition coefficient (Wildman–Crippen LogP) is 1.64. The molecule has 4 atom stereocenters. The number of hydrogen-bond donors (Lipinski definition) is 1. The molecule has 168 valence electrons. The zero-order valence-electron chi connectivity index (χ0n) is 18.1. The van der Waals surface area contributed by atoms with Gasteiger partial charge in [-0.1, -0.05) is 18.2 Å². The first kappa shape index (κ1) is 20.9. The SMILES string of the molecule is CN(C)C(=O)[C@H]1[C@H](CO)[C@H]2Cn3c(ccc(-c4ccccc4F)c3=O)[C@H]2N1C(=O)C1CC1. The Hall–Kier alpha value is -3.00. The van der Waals surface area contributed by atoms with Crippen molar-refractivity contribution in [1.29, 1.82) is 0 Å². The summed E-state index contributed by atoms with van der Waals surface area (Å²) in [6.45, 7) is 0.0147. The summed E-state index contributed by atoms with van der Waals surface area (Å²) in [7, 11) is 3.29. The van der Waals surface area contributed by atoms with Crippen LogP contribution in [0.3, 0.4) is 0 Å². The van der Waals surface area contributed by atoms with Crippen LogP contribution in [0.1, 0.15) is 24.6 Å². The quantitative estimate of drug-likeness (QED) is 0.785. The first-order valence-corrected chi connectivity index (χ1v) is 11.0. The number of likely N-dealkylation sites (tertiary alicyclic amines) is 1. The van der Waals surface area contributed by atoms with Gasteiger partial charge in [0.2, 0.25) is 11.8 Å². The van der Waals surface area contributed by atoms with Gasteiger partial charge in [-0.05, 0) is 31.0 Å². The number of likely N-dealkylation sites (N-methyl/N-ethyl adjacent to an activating group) is 1. The fourth-order valence-corrected chi connectivity index (χ4v) is 5.40. The maximum Gasteiger partial charge on any atom is 0.258 e. The predicted molar refractivity (Wildman–Crippen MR) is 115 cm³/mol. The molecule has 0 bridgehead atoms. The van der Waals surface area contributed by atoms with Gasteiger partial charge in [-0.15, -0.1) is 0 Å². The van der Waals surface area contributed by atoms with E-state index >= 15 is 0 Å². The molecule has 1 aromatic carbocycles. The number of aromatic nitrogens is 1. The van der Waals surface area contributed by atoms with E-state index in [9.17, 15) is 23.9 Å². The van der Waals surface area contributed by atoms with Gasteiger partial charge in [-0.2, -0.15) is 0 Å². The largest absolute Gasteiger partial charge is 0.396 e. The highest BCUT2D eigenvalue weighted by Crippen LogP contribution is 2.51. The van der Waals surface area contributed by atoms with Crippen molar-refractivity contribution in [2.24, 2.45) is 17.8 Å². The molecule has 2 aliphatic heterocycles. The Balaban J connectivity index is 1.63. The van der Waals surface area contributed by atoms with Crippen LogP contribution in [0.5, 0.6) is 0 Å². The van der Waals surface area contributed by atoms with Gasteiger partial charge in [0.05, 0.1) is 11.6 Å². The summed E-state index contributed by atoms with van der Waals surface area (Å²) < 4.78 is 15.9. The zero-order valence-corrected chi connectivity index (χ0v) is 18.1. The Bertz CT molecular complexity index is 1160. The first-order valence-electron chi connectivity index (χ1n) is 11.0. The van der Waals surface area contributed by atoms with Crippen molar-refractivity contribution in [3.63, 3.8) is 0 Å². The van der Waals surface area contributed by atoms with E-state index in [1.54, 1.807) is 53.9 Å². The standard InChI is InChI=1S/C24H26FN3O4/c1-26(2)24(32)21-17(12-29)16-11-27-19(20(16)28(21)22(30)13-7-8-13)10-9-15(23(27)31)14-5-3-4-6-18(14)25/h3-6,9-10,13,16-17,20-21,29H,7-8,11-12H2,1-2H3/t16-,17-,20+,21-/m1/s1. The maximum absolute atomic E-state index is 14.4. The molecule has 8 heteroatoms. The normalized spacial score (nSPS) is 26.1. The minimum Gasteiger partial charge on any atom is -0.396 e. The van der Waals surface area contributed by atoms with E-state index < -0.39 is 23.8 Å². The van der Waals surface area contributed by atoms with Crippen LogP contribution in [-0.4, -0.2) is 58.0 Å². The molecule has 0 spiro atoms. The third kappa shape index (κ3) is 3.00. The average molecular weight is 439 g/mol. The molecular weight excluding hydrogens is 413 g/mol. The molecule has 2 fully saturated rings. The number of halogens is 1. The molecule has 1 saturated heterocycles. The molecule has 2 aromatic rings. The fourth-order valence-electron chi connectivity index (χ4n) is 5.40. The Morgan fingerprint density at radius 3 is 2.47 bits per heavy atom. The van der Waals surface area contributed by atoms with E-state index in [-0.39, 0.29) is 53.5 Å². The highest BCUT2D eigenvalue weighted by molar-refractivity contribution is 5.90. The summed E-state index contributed by atoms with van der Waals surface area (Å²) in [6, 6.07) is 8.28. The Kier molecular flexibility index (Phi) is 4.93. The molecular formula is C24H26FN3O4. The fraction of sp³-hybridized carbons (Fsp3) is 0.458. The number of carbonyl (C=O) groups excluding carboxylic acids is 2. The molecule has 1 aliphatic carbocycles. The third-order valence-corrected chi connectivity index (χ3v) is 7.11. The van der Waals surface area contributed by atoms with Gasteiger partial charge in [-0.3, -0.25) is 14.4 Å². The Morgan fingerprint density at radius 1 is 1.12 bits per heavy atom. The molecule has 3 heterocycles. The third-order valence-electron chi connectivity index (χ3n) is 7.11. The van der Waals surface area contributed by atoms with E-state index in [0.29, 0.717) is 5.69 Å². The topological polar surface area (TPSA) is 82.8 Å². The molecule has 7 nitrogen and oxygen atoms in total. The molecule has 0 radical (unpaired) electrons. The van der Waals surface area contributed by atoms with Gasteiger partial charge < -0.3 is 19.5 Å². The van der Waals surface area contributed by atoms with E-state index in [1.807, 2.05) is 0 Å². The monoisotopic (exact) mass is 439 g/mol. The maximum atomic E-state index is 14.4. The van der Waals surface area contributed by atoms with E-state index in [1.165, 1.54) is 11.0 Å². The van der Waals surface area contributed by atoms with Crippen molar-refractivity contribution in [2.45, 2.75) is 31.5 Å². The molecule has 1 aromatic heterocycles. The minimum atomic E-state index is -0.756. The van der Waals surface area contributed by atoms with Crippen LogP contribution in [0.25, 0.3) is 11.1 Å². The lowest BCUT2D eigenvalue weighted by Crippen LogP contribution is -2.50. The average Bonchev–Trinajstić information content (AvgIpc) is 3.48. The van der Waals surface area contributed by atoms with E-state index in [0.717, 1.165) is 12.8 Å². The number of rotatable bonds is 4. The number of aliphatic hydroxyl groups excluding tert-OH is 1. The summed E-state index contributed by atoms with van der Waals surface area (Å²) in [5.74, 6) is -1.63. The number of pyridine rings is 1. The number of hydrogen-bond acceptors (Lipinski definition) is 4. The number of fused-ring (bicyclic) bond motifs is 3. The van der Waals surface area contributed by atoms with Crippen LogP contribution in [-0.2, 0) is 16.1 Å². The summed E-state index contributed by atoms with van der Waals surface area (Å²) in [6.07, 6.45) is 1.58. The highest BCUT2D eigenvalue weighted by Gasteiger charge is 2.59. The number of amides is 2. The van der Waals surface area contributed by atoms with Crippen molar-refractivity contribution in [3.8, 4) is 11.1 Å². The van der Waals surface area contributed by atoms with E-state index in [4.69, 9.17) is 0 Å². The van der Waals surface area contributed by atoms with Crippen molar-refractivity contribution < 1.29 is 19.1 Å². The van der Waals surface area contributed by atoms with Gasteiger partial charge in [0.1, 0.15) is 11.9 Å². The lowest BCUT2D eigenvalue weighted by Gasteiger charge is -2.32. The van der Waals surface area contributed by atoms with Crippen molar-refractivity contribution >= 4 is 11.8 Å². The summed E-state index contributed by atoms with van der Waals surface area (Å²) in [4.78, 5) is 42.8. The molecule has 3 aliphatic rings. The van der Waals surface area contributed by atoms with Crippen LogP contribution in [0.4, 0.5) is 4.39 Å². The number of benzene rings is 1. The van der Waals surface area contributed by atoms with Gasteiger partial charge in [0.25, 0.3) is 5.56 Å². The number of aliphatic hydroxyl groups is 1. The van der Waals surface area contributed by atoms with Crippen LogP contribution in [0.15, 0.2) is 41.2 Å². The van der Waals surface area contributed by atoms with Gasteiger partial charge in [0.15, 0.2) is 0 Å². The summed E-state index contributed by atoms with van der Waals surface area (Å²) in [5, 5.41) is 10.2. The van der Waals surface area contributed by atoms with Crippen LogP contribution in [0.2, 0.25) is 0 Å². The second-order valence-corrected chi connectivity index (χ2v) is 9.22. The second-order valence-electron chi connectivity index (χ2n) is 9.22. The summed E-state index contributed by atoms with van der Waals surface area (Å²) >= 11 is 0. The van der Waals surface area contributed by atoms with Gasteiger partial charge in [0, 0.05) is 56.3 Å². The van der Waals surface area contributed by atoms with Crippen LogP contribution < -0.4 is 5.56 Å². The van der Waals surface area contributed by atoms with Crippen LogP contribution >= 0.6 is 0 Å². The molecule has 2 amide bonds. The lowest BCUT2D eigenvalue weighted by molar-refractivity contribution is -0.146. The molecule has 0 unspecified atom stereocenters. The second kappa shape index (κ2) is 7.55. The molecule has 1 saturated carbocycles. The van der Waals surface area contributed by atoms with Crippen molar-refractivity contribution in [2.75, 3.05) is 20.7 Å². The summed E-state index contributed by atoms with van der Waals surface area (Å²) in [5.41, 5.74) is 0.804. The smallest absolute Gasteiger partial charge is 0.258 e. The lowest BCUT2D eigenvalue weighted by atomic mass is 9.88. The molecule has 1 N–H and O–H groups in total. The van der Waals surface area contributed by atoms with Crippen molar-refractivity contribution in [3.05, 3.63) is 58.3 Å². The zero-order chi connectivity index (χ0) is 22.7. The van der Waals surface area contributed by atoms with E-state index in [2.05, 4.69) is 0 Å². The number of nitrogens with zero attached hydrogens (tertiary/aromatic N) is 3. The number of carbonyl (C=O) groups is 2.